The summed E-state index contributed by atoms with van der Waals surface area (Å²) in [5.74, 6) is 0. The van der Waals surface area contributed by atoms with Gasteiger partial charge in [0.2, 0.25) is 0 Å². The molecule has 0 N–H and O–H groups in total. The Labute approximate surface area is 83.7 Å². The largest absolute Gasteiger partial charge is 0.265 e. The Balaban J connectivity index is 0.000000360. The summed E-state index contributed by atoms with van der Waals surface area (Å²) in [7, 11) is 0. The first-order valence-electron chi connectivity index (χ1n) is 1.85. The first-order valence-corrected chi connectivity index (χ1v) is 1.85. The van der Waals surface area contributed by atoms with E-state index in [4.69, 9.17) is 0 Å². The minimum Gasteiger partial charge on any atom is -0.265 e. The van der Waals surface area contributed by atoms with Gasteiger partial charge in [0.1, 0.15) is 0 Å². The van der Waals surface area contributed by atoms with E-state index < -0.39 is 0 Å². The minimum absolute atomic E-state index is 0. The maximum atomic E-state index is 3.78. The van der Waals surface area contributed by atoms with Gasteiger partial charge in [-0.1, -0.05) is 6.07 Å². The molecule has 0 aliphatic heterocycles. The number of rotatable bonds is 0. The summed E-state index contributed by atoms with van der Waals surface area (Å²) in [6.07, 6.45) is 3.50. The van der Waals surface area contributed by atoms with Crippen LogP contribution in [0.4, 0.5) is 0 Å². The molecule has 0 saturated carbocycles. The van der Waals surface area contributed by atoms with Gasteiger partial charge in [-0.25, -0.2) is 0 Å². The van der Waals surface area contributed by atoms with Crippen LogP contribution in [0.2, 0.25) is 0 Å². The normalized spacial score (nSPS) is 6.86. The molecule has 1 heterocycles. The summed E-state index contributed by atoms with van der Waals surface area (Å²) in [6, 6.07) is 5.72. The van der Waals surface area contributed by atoms with E-state index in [1.165, 1.54) is 0 Å². The van der Waals surface area contributed by atoms with Crippen molar-refractivity contribution in [3.05, 3.63) is 30.6 Å². The summed E-state index contributed by atoms with van der Waals surface area (Å²) in [6.45, 7) is 0. The van der Waals surface area contributed by atoms with Crippen molar-refractivity contribution in [3.63, 3.8) is 0 Å². The van der Waals surface area contributed by atoms with Gasteiger partial charge in [-0.15, -0.1) is 0 Å². The Morgan fingerprint density at radius 1 is 0.857 bits per heavy atom. The van der Waals surface area contributed by atoms with Crippen LogP contribution in [0, 0.1) is 49.4 Å². The van der Waals surface area contributed by atoms with E-state index in [2.05, 4.69) is 4.98 Å². The molecule has 0 fully saturated rings. The first kappa shape index (κ1) is 7.73. The fourth-order valence-electron chi connectivity index (χ4n) is 0.313. The van der Waals surface area contributed by atoms with Crippen LogP contribution in [0.25, 0.3) is 0 Å². The number of pyridine rings is 1. The van der Waals surface area contributed by atoms with Crippen LogP contribution in [0.1, 0.15) is 0 Å². The molecule has 0 amide bonds. The van der Waals surface area contributed by atoms with Crippen molar-refractivity contribution in [1.29, 1.82) is 0 Å². The molecule has 1 radical (unpaired) electrons. The molecule has 0 bridgehead atoms. The van der Waals surface area contributed by atoms with Gasteiger partial charge >= 0.3 is 0 Å². The quantitative estimate of drug-likeness (QED) is 0.651. The number of aromatic nitrogens is 1. The van der Waals surface area contributed by atoms with E-state index in [9.17, 15) is 0 Å². The van der Waals surface area contributed by atoms with E-state index in [0.29, 0.717) is 0 Å². The molecular formula is C5H5EuN. The number of nitrogens with zero attached hydrogens (tertiary/aromatic N) is 1. The number of hydrogen-bond donors (Lipinski definition) is 0. The van der Waals surface area contributed by atoms with Crippen molar-refractivity contribution in [2.45, 2.75) is 0 Å². The number of hydrogen-bond acceptors (Lipinski definition) is 1. The van der Waals surface area contributed by atoms with Crippen LogP contribution in [0.3, 0.4) is 0 Å². The Morgan fingerprint density at radius 2 is 1.43 bits per heavy atom. The zero-order valence-corrected chi connectivity index (χ0v) is 6.14. The van der Waals surface area contributed by atoms with Gasteiger partial charge in [0.25, 0.3) is 0 Å². The average Bonchev–Trinajstić information content (AvgIpc) is 1.72. The van der Waals surface area contributed by atoms with Gasteiger partial charge in [0, 0.05) is 61.8 Å². The topological polar surface area (TPSA) is 12.9 Å². The molecule has 0 saturated heterocycles. The van der Waals surface area contributed by atoms with Crippen LogP contribution < -0.4 is 0 Å². The second-order valence-corrected chi connectivity index (χ2v) is 1.02. The molecule has 0 atom stereocenters. The minimum atomic E-state index is 0. The van der Waals surface area contributed by atoms with Crippen LogP contribution in [0.15, 0.2) is 30.6 Å². The maximum absolute atomic E-state index is 3.78. The second-order valence-electron chi connectivity index (χ2n) is 1.02. The van der Waals surface area contributed by atoms with Gasteiger partial charge in [0.05, 0.1) is 0 Å². The molecule has 0 aliphatic rings. The molecule has 37 valence electrons. The van der Waals surface area contributed by atoms with E-state index in [-0.39, 0.29) is 49.4 Å². The van der Waals surface area contributed by atoms with Gasteiger partial charge in [-0.05, 0) is 12.1 Å². The van der Waals surface area contributed by atoms with E-state index in [1.807, 2.05) is 18.2 Å². The zero-order chi connectivity index (χ0) is 4.24. The molecule has 0 aliphatic carbocycles. The monoisotopic (exact) mass is 232 g/mol. The van der Waals surface area contributed by atoms with Crippen molar-refractivity contribution in [1.82, 2.24) is 4.98 Å². The molecule has 1 aromatic rings. The third-order valence-electron chi connectivity index (χ3n) is 0.566. The molecule has 7 heavy (non-hydrogen) atoms. The maximum Gasteiger partial charge on any atom is 0.0267 e. The van der Waals surface area contributed by atoms with Crippen molar-refractivity contribution < 1.29 is 49.4 Å². The summed E-state index contributed by atoms with van der Waals surface area (Å²) in [5, 5.41) is 0. The fourth-order valence-corrected chi connectivity index (χ4v) is 0.313. The summed E-state index contributed by atoms with van der Waals surface area (Å²) >= 11 is 0. The van der Waals surface area contributed by atoms with Crippen molar-refractivity contribution in [2.24, 2.45) is 0 Å². The summed E-state index contributed by atoms with van der Waals surface area (Å²) < 4.78 is 0. The van der Waals surface area contributed by atoms with Gasteiger partial charge in [-0.2, -0.15) is 0 Å². The Bertz CT molecular complexity index is 80.0. The fraction of sp³-hybridized carbons (Fsp3) is 0. The van der Waals surface area contributed by atoms with Crippen molar-refractivity contribution in [3.8, 4) is 0 Å². The van der Waals surface area contributed by atoms with Crippen LogP contribution in [-0.2, 0) is 0 Å². The molecule has 0 spiro atoms. The van der Waals surface area contributed by atoms with Crippen LogP contribution in [0.5, 0.6) is 0 Å². The predicted octanol–water partition coefficient (Wildman–Crippen LogP) is 1.08. The molecular weight excluding hydrogens is 226 g/mol. The first-order chi connectivity index (χ1) is 3.00. The van der Waals surface area contributed by atoms with E-state index in [0.717, 1.165) is 0 Å². The molecule has 1 nitrogen and oxygen atoms in total. The summed E-state index contributed by atoms with van der Waals surface area (Å²) in [4.78, 5) is 3.78. The van der Waals surface area contributed by atoms with Crippen LogP contribution >= 0.6 is 0 Å². The van der Waals surface area contributed by atoms with Gasteiger partial charge in [0.15, 0.2) is 0 Å². The Morgan fingerprint density at radius 3 is 1.57 bits per heavy atom. The smallest absolute Gasteiger partial charge is 0.0267 e. The van der Waals surface area contributed by atoms with Gasteiger partial charge < -0.3 is 0 Å². The standard InChI is InChI=1S/C5H5N.Eu/c1-2-4-6-5-3-1;/h1-5H;. The SMILES string of the molecule is [Eu].c1ccncc1. The van der Waals surface area contributed by atoms with E-state index >= 15 is 0 Å². The third kappa shape index (κ3) is 3.33. The zero-order valence-electron chi connectivity index (χ0n) is 3.71. The van der Waals surface area contributed by atoms with Crippen molar-refractivity contribution >= 4 is 0 Å². The molecule has 0 aromatic carbocycles. The Hall–Kier alpha value is 0.734. The molecule has 1 rings (SSSR count). The molecule has 2 heteroatoms. The summed E-state index contributed by atoms with van der Waals surface area (Å²) in [5.41, 5.74) is 0. The second kappa shape index (κ2) is 4.88. The van der Waals surface area contributed by atoms with Crippen molar-refractivity contribution in [2.75, 3.05) is 0 Å². The van der Waals surface area contributed by atoms with Crippen LogP contribution in [-0.4, -0.2) is 4.98 Å². The molecule has 1 aromatic heterocycles. The van der Waals surface area contributed by atoms with Gasteiger partial charge in [-0.3, -0.25) is 4.98 Å². The molecule has 0 unspecified atom stereocenters. The Kier molecular flexibility index (Phi) is 5.40. The van der Waals surface area contributed by atoms with E-state index in [1.54, 1.807) is 12.4 Å². The average molecular weight is 231 g/mol. The predicted molar refractivity (Wildman–Crippen MR) is 24.2 cm³/mol. The third-order valence-corrected chi connectivity index (χ3v) is 0.566.